The number of carbonyl (C=O) groups excluding carboxylic acids is 1. The van der Waals surface area contributed by atoms with Gasteiger partial charge in [-0.2, -0.15) is 0 Å². The second-order valence-electron chi connectivity index (χ2n) is 3.85. The highest BCUT2D eigenvalue weighted by Crippen LogP contribution is 2.18. The predicted molar refractivity (Wildman–Crippen MR) is 68.7 cm³/mol. The highest BCUT2D eigenvalue weighted by molar-refractivity contribution is 5.84. The van der Waals surface area contributed by atoms with E-state index in [1.54, 1.807) is 19.9 Å². The summed E-state index contributed by atoms with van der Waals surface area (Å²) in [6.07, 6.45) is -0.828. The molecule has 0 atom stereocenters. The van der Waals surface area contributed by atoms with Gasteiger partial charge in [0, 0.05) is 19.6 Å². The molecule has 106 valence electrons. The van der Waals surface area contributed by atoms with E-state index in [1.807, 2.05) is 0 Å². The van der Waals surface area contributed by atoms with Crippen molar-refractivity contribution in [3.63, 3.8) is 0 Å². The topological polar surface area (TPSA) is 44.8 Å². The fraction of sp³-hybridized carbons (Fsp3) is 0.500. The Labute approximate surface area is 112 Å². The maximum Gasteiger partial charge on any atom is 0.218 e. The minimum atomic E-state index is -0.889. The molecule has 1 aromatic carbocycles. The van der Waals surface area contributed by atoms with Crippen LogP contribution >= 0.6 is 0 Å². The molecule has 0 N–H and O–H groups in total. The number of halogens is 1. The van der Waals surface area contributed by atoms with Crippen LogP contribution in [0.5, 0.6) is 5.75 Å². The van der Waals surface area contributed by atoms with Gasteiger partial charge in [-0.1, -0.05) is 6.07 Å². The third-order valence-electron chi connectivity index (χ3n) is 2.49. The molecular weight excluding hydrogens is 251 g/mol. The van der Waals surface area contributed by atoms with Crippen LogP contribution in [0, 0.1) is 5.82 Å². The van der Waals surface area contributed by atoms with Gasteiger partial charge in [-0.25, -0.2) is 4.39 Å². The van der Waals surface area contributed by atoms with E-state index in [0.29, 0.717) is 18.8 Å². The molecule has 0 aliphatic heterocycles. The molecule has 0 saturated carbocycles. The second-order valence-corrected chi connectivity index (χ2v) is 3.85. The summed E-state index contributed by atoms with van der Waals surface area (Å²) in [5.74, 6) is -0.562. The molecule has 0 saturated heterocycles. The van der Waals surface area contributed by atoms with Gasteiger partial charge in [0.1, 0.15) is 0 Å². The molecular formula is C14H19FO4. The van der Waals surface area contributed by atoms with Crippen molar-refractivity contribution in [1.29, 1.82) is 0 Å². The highest BCUT2D eigenvalue weighted by Gasteiger charge is 2.19. The van der Waals surface area contributed by atoms with Crippen molar-refractivity contribution in [2.24, 2.45) is 0 Å². The molecule has 1 rings (SSSR count). The summed E-state index contributed by atoms with van der Waals surface area (Å²) in [5, 5.41) is 0. The second kappa shape index (κ2) is 7.86. The van der Waals surface area contributed by atoms with E-state index in [2.05, 4.69) is 0 Å². The lowest BCUT2D eigenvalue weighted by Crippen LogP contribution is -2.29. The number of benzene rings is 1. The van der Waals surface area contributed by atoms with E-state index in [1.165, 1.54) is 19.2 Å². The third kappa shape index (κ3) is 4.61. The van der Waals surface area contributed by atoms with Crippen LogP contribution in [-0.4, -0.2) is 32.4 Å². The molecule has 0 fully saturated rings. The first-order valence-electron chi connectivity index (χ1n) is 6.20. The van der Waals surface area contributed by atoms with Crippen LogP contribution < -0.4 is 4.74 Å². The van der Waals surface area contributed by atoms with Gasteiger partial charge in [0.25, 0.3) is 0 Å². The Balaban J connectivity index is 2.71. The molecule has 0 amide bonds. The molecule has 0 aliphatic carbocycles. The smallest absolute Gasteiger partial charge is 0.218 e. The number of rotatable bonds is 8. The molecule has 0 unspecified atom stereocenters. The molecule has 0 aromatic heterocycles. The zero-order chi connectivity index (χ0) is 14.3. The first-order chi connectivity index (χ1) is 9.12. The molecule has 5 heteroatoms. The van der Waals surface area contributed by atoms with Crippen molar-refractivity contribution in [2.75, 3.05) is 20.3 Å². The number of carbonyl (C=O) groups is 1. The van der Waals surface area contributed by atoms with Gasteiger partial charge in [-0.3, -0.25) is 4.79 Å². The van der Waals surface area contributed by atoms with Gasteiger partial charge in [0.2, 0.25) is 6.29 Å². The summed E-state index contributed by atoms with van der Waals surface area (Å²) < 4.78 is 28.7. The summed E-state index contributed by atoms with van der Waals surface area (Å²) in [6.45, 7) is 4.33. The van der Waals surface area contributed by atoms with E-state index in [0.717, 1.165) is 0 Å². The molecule has 1 aromatic rings. The minimum absolute atomic E-state index is 0.0611. The lowest BCUT2D eigenvalue weighted by Gasteiger charge is -2.15. The van der Waals surface area contributed by atoms with E-state index in [-0.39, 0.29) is 18.0 Å². The van der Waals surface area contributed by atoms with Crippen molar-refractivity contribution >= 4 is 5.78 Å². The lowest BCUT2D eigenvalue weighted by molar-refractivity contribution is -0.167. The summed E-state index contributed by atoms with van der Waals surface area (Å²) >= 11 is 0. The molecule has 19 heavy (non-hydrogen) atoms. The van der Waals surface area contributed by atoms with Crippen LogP contribution in [0.25, 0.3) is 0 Å². The van der Waals surface area contributed by atoms with Gasteiger partial charge in [0.15, 0.2) is 17.3 Å². The monoisotopic (exact) mass is 270 g/mol. The SMILES string of the molecule is CCOC(OCC)C(=O)Cc1ccc(OC)c(F)c1. The Bertz CT molecular complexity index is 414. The Morgan fingerprint density at radius 1 is 1.26 bits per heavy atom. The third-order valence-corrected chi connectivity index (χ3v) is 2.49. The first kappa shape index (κ1) is 15.6. The zero-order valence-electron chi connectivity index (χ0n) is 11.4. The van der Waals surface area contributed by atoms with Crippen LogP contribution in [0.2, 0.25) is 0 Å². The molecule has 0 aliphatic rings. The number of hydrogen-bond acceptors (Lipinski definition) is 4. The van der Waals surface area contributed by atoms with Crippen molar-refractivity contribution < 1.29 is 23.4 Å². The summed E-state index contributed by atoms with van der Waals surface area (Å²) in [5.41, 5.74) is 0.563. The van der Waals surface area contributed by atoms with Crippen LogP contribution in [0.1, 0.15) is 19.4 Å². The molecule has 0 radical (unpaired) electrons. The number of hydrogen-bond donors (Lipinski definition) is 0. The number of ketones is 1. The first-order valence-corrected chi connectivity index (χ1v) is 6.20. The molecule has 0 spiro atoms. The molecule has 4 nitrogen and oxygen atoms in total. The van der Waals surface area contributed by atoms with E-state index in [4.69, 9.17) is 14.2 Å². The van der Waals surface area contributed by atoms with Gasteiger partial charge in [0.05, 0.1) is 7.11 Å². The van der Waals surface area contributed by atoms with Crippen LogP contribution in [-0.2, 0) is 20.7 Å². The summed E-state index contributed by atoms with van der Waals surface area (Å²) in [6, 6.07) is 4.43. The van der Waals surface area contributed by atoms with Crippen LogP contribution in [0.15, 0.2) is 18.2 Å². The van der Waals surface area contributed by atoms with E-state index < -0.39 is 12.1 Å². The Kier molecular flexibility index (Phi) is 6.45. The predicted octanol–water partition coefficient (Wildman–Crippen LogP) is 2.35. The summed E-state index contributed by atoms with van der Waals surface area (Å²) in [7, 11) is 1.39. The van der Waals surface area contributed by atoms with Crippen molar-refractivity contribution in [3.8, 4) is 5.75 Å². The van der Waals surface area contributed by atoms with E-state index >= 15 is 0 Å². The van der Waals surface area contributed by atoms with Gasteiger partial charge in [-0.05, 0) is 31.5 Å². The summed E-state index contributed by atoms with van der Waals surface area (Å²) in [4.78, 5) is 12.0. The molecule has 0 heterocycles. The van der Waals surface area contributed by atoms with Crippen LogP contribution in [0.4, 0.5) is 4.39 Å². The average Bonchev–Trinajstić information content (AvgIpc) is 2.38. The quantitative estimate of drug-likeness (QED) is 0.680. The number of methoxy groups -OCH3 is 1. The van der Waals surface area contributed by atoms with Gasteiger partial charge in [-0.15, -0.1) is 0 Å². The fourth-order valence-electron chi connectivity index (χ4n) is 1.64. The molecule has 0 bridgehead atoms. The van der Waals surface area contributed by atoms with E-state index in [9.17, 15) is 9.18 Å². The Morgan fingerprint density at radius 3 is 2.37 bits per heavy atom. The van der Waals surface area contributed by atoms with Crippen molar-refractivity contribution in [2.45, 2.75) is 26.6 Å². The Hall–Kier alpha value is -1.46. The maximum atomic E-state index is 13.5. The van der Waals surface area contributed by atoms with Crippen LogP contribution in [0.3, 0.4) is 0 Å². The van der Waals surface area contributed by atoms with Crippen molar-refractivity contribution in [1.82, 2.24) is 0 Å². The largest absolute Gasteiger partial charge is 0.494 e. The fourth-order valence-corrected chi connectivity index (χ4v) is 1.64. The highest BCUT2D eigenvalue weighted by atomic mass is 19.1. The standard InChI is InChI=1S/C14H19FO4/c1-4-18-14(19-5-2)12(16)9-10-6-7-13(17-3)11(15)8-10/h6-8,14H,4-5,9H2,1-3H3. The maximum absolute atomic E-state index is 13.5. The average molecular weight is 270 g/mol. The minimum Gasteiger partial charge on any atom is -0.494 e. The van der Waals surface area contributed by atoms with Gasteiger partial charge < -0.3 is 14.2 Å². The number of Topliss-reactive ketones (excluding diaryl/α,β-unsaturated/α-hetero) is 1. The Morgan fingerprint density at radius 2 is 1.89 bits per heavy atom. The van der Waals surface area contributed by atoms with Gasteiger partial charge >= 0.3 is 0 Å². The normalized spacial score (nSPS) is 10.8. The zero-order valence-corrected chi connectivity index (χ0v) is 11.4. The van der Waals surface area contributed by atoms with Crippen molar-refractivity contribution in [3.05, 3.63) is 29.6 Å². The number of ether oxygens (including phenoxy) is 3. The lowest BCUT2D eigenvalue weighted by atomic mass is 10.1.